The summed E-state index contributed by atoms with van der Waals surface area (Å²) in [5, 5.41) is 4.69. The second-order valence-corrected chi connectivity index (χ2v) is 16.1. The van der Waals surface area contributed by atoms with Crippen molar-refractivity contribution < 1.29 is 4.42 Å². The highest BCUT2D eigenvalue weighted by atomic mass is 16.3. The highest BCUT2D eigenvalue weighted by molar-refractivity contribution is 6.10. The smallest absolute Gasteiger partial charge is 0.136 e. The minimum atomic E-state index is 0.0555. The Bertz CT molecular complexity index is 3090. The van der Waals surface area contributed by atoms with Gasteiger partial charge in [-0.25, -0.2) is 0 Å². The summed E-state index contributed by atoms with van der Waals surface area (Å²) in [6.45, 7) is 6.81. The van der Waals surface area contributed by atoms with Crippen LogP contribution in [0, 0.1) is 0 Å². The van der Waals surface area contributed by atoms with Crippen LogP contribution in [0.2, 0.25) is 0 Å². The van der Waals surface area contributed by atoms with E-state index in [0.717, 1.165) is 61.3 Å². The molecule has 0 saturated carbocycles. The molecule has 0 saturated heterocycles. The van der Waals surface area contributed by atoms with Crippen LogP contribution in [-0.4, -0.2) is 0 Å². The average molecular weight is 746 g/mol. The van der Waals surface area contributed by atoms with Crippen molar-refractivity contribution in [3.05, 3.63) is 212 Å². The number of benzene rings is 9. The van der Waals surface area contributed by atoms with Gasteiger partial charge in [0, 0.05) is 27.5 Å². The largest absolute Gasteiger partial charge is 0.456 e. The number of anilines is 3. The molecule has 0 aliphatic heterocycles. The summed E-state index contributed by atoms with van der Waals surface area (Å²) in [6, 6.07) is 74.6. The monoisotopic (exact) mass is 745 g/mol. The van der Waals surface area contributed by atoms with Crippen LogP contribution in [0.3, 0.4) is 0 Å². The first-order chi connectivity index (χ1) is 28.4. The van der Waals surface area contributed by atoms with Gasteiger partial charge in [-0.15, -0.1) is 0 Å². The molecule has 10 rings (SSSR count). The molecule has 2 heteroatoms. The Morgan fingerprint density at radius 3 is 1.55 bits per heavy atom. The molecule has 0 fully saturated rings. The normalized spacial score (nSPS) is 11.7. The van der Waals surface area contributed by atoms with Crippen molar-refractivity contribution in [2.45, 2.75) is 26.2 Å². The summed E-state index contributed by atoms with van der Waals surface area (Å²) in [7, 11) is 0. The van der Waals surface area contributed by atoms with Gasteiger partial charge in [-0.05, 0) is 86.0 Å². The lowest BCUT2D eigenvalue weighted by Crippen LogP contribution is -2.14. The van der Waals surface area contributed by atoms with Crippen LogP contribution in [0.15, 0.2) is 211 Å². The number of rotatable bonds is 7. The van der Waals surface area contributed by atoms with Gasteiger partial charge in [-0.3, -0.25) is 0 Å². The van der Waals surface area contributed by atoms with E-state index < -0.39 is 0 Å². The summed E-state index contributed by atoms with van der Waals surface area (Å²) < 4.78 is 6.45. The molecule has 278 valence electrons. The maximum atomic E-state index is 6.45. The Morgan fingerprint density at radius 2 is 0.862 bits per heavy atom. The minimum Gasteiger partial charge on any atom is -0.456 e. The predicted molar refractivity (Wildman–Crippen MR) is 246 cm³/mol. The molecule has 0 atom stereocenters. The van der Waals surface area contributed by atoms with Crippen molar-refractivity contribution in [1.29, 1.82) is 0 Å². The molecule has 0 aliphatic carbocycles. The standard InChI is InChI=1S/C56H43NO/c1-56(2,3)42-34-31-39(32-35-42)43-21-7-11-27-50(43)57(51-28-12-8-22-44(51)41-33-36-48-47-24-10-14-30-53(47)58-54(48)37-41)52-29-13-9-23-46(52)49-26-16-20-40-19-15-25-45(55(40)49)38-17-5-4-6-18-38/h4-37H,1-3H3. The van der Waals surface area contributed by atoms with Crippen molar-refractivity contribution >= 4 is 49.8 Å². The van der Waals surface area contributed by atoms with E-state index in [-0.39, 0.29) is 5.41 Å². The molecular formula is C56H43NO. The van der Waals surface area contributed by atoms with Crippen LogP contribution in [0.25, 0.3) is 77.2 Å². The molecule has 0 unspecified atom stereocenters. The molecule has 0 bridgehead atoms. The Hall–Kier alpha value is -7.16. The van der Waals surface area contributed by atoms with Crippen LogP contribution >= 0.6 is 0 Å². The predicted octanol–water partition coefficient (Wildman–Crippen LogP) is 16.2. The third-order valence-corrected chi connectivity index (χ3v) is 11.5. The van der Waals surface area contributed by atoms with Gasteiger partial charge < -0.3 is 9.32 Å². The van der Waals surface area contributed by atoms with E-state index in [1.54, 1.807) is 0 Å². The maximum absolute atomic E-state index is 6.45. The van der Waals surface area contributed by atoms with Gasteiger partial charge >= 0.3 is 0 Å². The summed E-state index contributed by atoms with van der Waals surface area (Å²) in [4.78, 5) is 2.48. The topological polar surface area (TPSA) is 16.4 Å². The fraction of sp³-hybridized carbons (Fsp3) is 0.0714. The zero-order valence-electron chi connectivity index (χ0n) is 33.0. The van der Waals surface area contributed by atoms with Crippen LogP contribution in [0.4, 0.5) is 17.1 Å². The Kier molecular flexibility index (Phi) is 8.76. The maximum Gasteiger partial charge on any atom is 0.136 e. The molecule has 0 aliphatic rings. The number of nitrogens with zero attached hydrogens (tertiary/aromatic N) is 1. The third-order valence-electron chi connectivity index (χ3n) is 11.5. The highest BCUT2D eigenvalue weighted by Crippen LogP contribution is 2.49. The number of hydrogen-bond acceptors (Lipinski definition) is 2. The lowest BCUT2D eigenvalue weighted by Gasteiger charge is -2.32. The molecule has 0 amide bonds. The van der Waals surface area contributed by atoms with Gasteiger partial charge in [0.05, 0.1) is 17.1 Å². The Balaban J connectivity index is 1.24. The molecule has 58 heavy (non-hydrogen) atoms. The van der Waals surface area contributed by atoms with E-state index in [1.807, 2.05) is 12.1 Å². The molecule has 1 heterocycles. The zero-order chi connectivity index (χ0) is 39.2. The second-order valence-electron chi connectivity index (χ2n) is 16.1. The average Bonchev–Trinajstić information content (AvgIpc) is 3.65. The molecule has 0 radical (unpaired) electrons. The van der Waals surface area contributed by atoms with Crippen LogP contribution in [-0.2, 0) is 5.41 Å². The molecule has 1 aromatic heterocycles. The third kappa shape index (κ3) is 6.24. The summed E-state index contributed by atoms with van der Waals surface area (Å²) >= 11 is 0. The van der Waals surface area contributed by atoms with E-state index in [0.29, 0.717) is 0 Å². The van der Waals surface area contributed by atoms with Crippen LogP contribution < -0.4 is 4.90 Å². The van der Waals surface area contributed by atoms with E-state index in [2.05, 4.69) is 220 Å². The Morgan fingerprint density at radius 1 is 0.362 bits per heavy atom. The first-order valence-corrected chi connectivity index (χ1v) is 20.1. The van der Waals surface area contributed by atoms with E-state index in [4.69, 9.17) is 4.42 Å². The molecule has 0 N–H and O–H groups in total. The SMILES string of the molecule is CC(C)(C)c1ccc(-c2ccccc2N(c2ccccc2-c2ccc3c(c2)oc2ccccc23)c2ccccc2-c2cccc3cccc(-c4ccccc4)c23)cc1. The van der Waals surface area contributed by atoms with Gasteiger partial charge in [-0.1, -0.05) is 191 Å². The van der Waals surface area contributed by atoms with Gasteiger partial charge in [0.15, 0.2) is 0 Å². The summed E-state index contributed by atoms with van der Waals surface area (Å²) in [5.41, 5.74) is 15.7. The number of para-hydroxylation sites is 4. The molecule has 9 aromatic carbocycles. The van der Waals surface area contributed by atoms with Crippen molar-refractivity contribution in [3.63, 3.8) is 0 Å². The Labute approximate surface area is 340 Å². The number of furan rings is 1. The van der Waals surface area contributed by atoms with E-state index >= 15 is 0 Å². The zero-order valence-corrected chi connectivity index (χ0v) is 33.0. The highest BCUT2D eigenvalue weighted by Gasteiger charge is 2.25. The van der Waals surface area contributed by atoms with E-state index in [9.17, 15) is 0 Å². The lowest BCUT2D eigenvalue weighted by atomic mass is 9.86. The number of fused-ring (bicyclic) bond motifs is 4. The van der Waals surface area contributed by atoms with Crippen molar-refractivity contribution in [1.82, 2.24) is 0 Å². The van der Waals surface area contributed by atoms with Crippen LogP contribution in [0.5, 0.6) is 0 Å². The van der Waals surface area contributed by atoms with Crippen LogP contribution in [0.1, 0.15) is 26.3 Å². The molecule has 0 spiro atoms. The van der Waals surface area contributed by atoms with E-state index in [1.165, 1.54) is 38.6 Å². The lowest BCUT2D eigenvalue weighted by molar-refractivity contribution is 0.590. The summed E-state index contributed by atoms with van der Waals surface area (Å²) in [5.74, 6) is 0. The summed E-state index contributed by atoms with van der Waals surface area (Å²) in [6.07, 6.45) is 0. The fourth-order valence-electron chi connectivity index (χ4n) is 8.58. The van der Waals surface area contributed by atoms with Crippen molar-refractivity contribution in [2.75, 3.05) is 4.90 Å². The second kappa shape index (κ2) is 14.4. The molecule has 10 aromatic rings. The quantitative estimate of drug-likeness (QED) is 0.162. The van der Waals surface area contributed by atoms with Gasteiger partial charge in [0.25, 0.3) is 0 Å². The first kappa shape index (κ1) is 35.3. The van der Waals surface area contributed by atoms with Crippen molar-refractivity contribution in [2.24, 2.45) is 0 Å². The van der Waals surface area contributed by atoms with Crippen molar-refractivity contribution in [3.8, 4) is 44.5 Å². The minimum absolute atomic E-state index is 0.0555. The molecule has 2 nitrogen and oxygen atoms in total. The first-order valence-electron chi connectivity index (χ1n) is 20.1. The molecular weight excluding hydrogens is 703 g/mol. The fourth-order valence-corrected chi connectivity index (χ4v) is 8.58. The van der Waals surface area contributed by atoms with Gasteiger partial charge in [0.1, 0.15) is 11.2 Å². The van der Waals surface area contributed by atoms with Gasteiger partial charge in [-0.2, -0.15) is 0 Å². The number of hydrogen-bond donors (Lipinski definition) is 0. The van der Waals surface area contributed by atoms with Gasteiger partial charge in [0.2, 0.25) is 0 Å².